The van der Waals surface area contributed by atoms with E-state index in [9.17, 15) is 18.7 Å². The molecule has 3 N–H and O–H groups in total. The van der Waals surface area contributed by atoms with Gasteiger partial charge >= 0.3 is 0 Å². The zero-order chi connectivity index (χ0) is 10.7. The van der Waals surface area contributed by atoms with E-state index in [2.05, 4.69) is 5.73 Å². The van der Waals surface area contributed by atoms with Crippen molar-refractivity contribution >= 4 is 5.91 Å². The number of nitrogens with two attached hydrogens (primary N) is 1. The van der Waals surface area contributed by atoms with Crippen molar-refractivity contribution in [3.63, 3.8) is 0 Å². The van der Waals surface area contributed by atoms with Crippen molar-refractivity contribution < 1.29 is 18.7 Å². The van der Waals surface area contributed by atoms with Crippen molar-refractivity contribution in [3.8, 4) is 0 Å². The molecule has 76 valence electrons. The van der Waals surface area contributed by atoms with Crippen LogP contribution in [-0.2, 0) is 4.79 Å². The van der Waals surface area contributed by atoms with Gasteiger partial charge in [0.05, 0.1) is 0 Å². The number of carbonyl (C=O) groups is 1. The normalized spacial score (nSPS) is 14.8. The fourth-order valence-electron chi connectivity index (χ4n) is 0.985. The SMILES string of the molecule is NC(=O)[C@H](F)[C@@H](O)c1ccc(F)cc1. The molecule has 1 rings (SSSR count). The zero-order valence-corrected chi connectivity index (χ0v) is 7.15. The Balaban J connectivity index is 2.84. The Bertz CT molecular complexity index is 326. The molecular formula is C9H9F2NO2. The lowest BCUT2D eigenvalue weighted by molar-refractivity contribution is -0.126. The highest BCUT2D eigenvalue weighted by molar-refractivity contribution is 5.79. The van der Waals surface area contributed by atoms with Gasteiger partial charge in [-0.2, -0.15) is 0 Å². The topological polar surface area (TPSA) is 63.3 Å². The molecule has 1 aromatic carbocycles. The number of aliphatic hydroxyl groups excluding tert-OH is 1. The van der Waals surface area contributed by atoms with E-state index in [1.807, 2.05) is 0 Å². The van der Waals surface area contributed by atoms with Crippen LogP contribution in [0.1, 0.15) is 11.7 Å². The van der Waals surface area contributed by atoms with Gasteiger partial charge in [-0.05, 0) is 17.7 Å². The monoisotopic (exact) mass is 201 g/mol. The van der Waals surface area contributed by atoms with E-state index in [-0.39, 0.29) is 5.56 Å². The molecule has 0 aliphatic rings. The molecule has 0 saturated carbocycles. The Morgan fingerprint density at radius 1 is 1.36 bits per heavy atom. The summed E-state index contributed by atoms with van der Waals surface area (Å²) >= 11 is 0. The Labute approximate surface area is 79.2 Å². The van der Waals surface area contributed by atoms with E-state index in [0.717, 1.165) is 12.1 Å². The first kappa shape index (κ1) is 10.6. The van der Waals surface area contributed by atoms with Gasteiger partial charge in [-0.25, -0.2) is 8.78 Å². The van der Waals surface area contributed by atoms with Crippen LogP contribution in [0.5, 0.6) is 0 Å². The number of rotatable bonds is 3. The van der Waals surface area contributed by atoms with E-state index in [0.29, 0.717) is 0 Å². The van der Waals surface area contributed by atoms with Gasteiger partial charge in [0, 0.05) is 0 Å². The summed E-state index contributed by atoms with van der Waals surface area (Å²) in [5.41, 5.74) is 4.77. The third-order valence-electron chi connectivity index (χ3n) is 1.76. The fourth-order valence-corrected chi connectivity index (χ4v) is 0.985. The average Bonchev–Trinajstić information content (AvgIpc) is 2.16. The van der Waals surface area contributed by atoms with Crippen LogP contribution in [-0.4, -0.2) is 17.2 Å². The maximum absolute atomic E-state index is 12.9. The smallest absolute Gasteiger partial charge is 0.255 e. The van der Waals surface area contributed by atoms with E-state index < -0.39 is 24.0 Å². The molecule has 0 aromatic heterocycles. The van der Waals surface area contributed by atoms with Crippen molar-refractivity contribution in [1.82, 2.24) is 0 Å². The number of aliphatic hydroxyl groups is 1. The first-order valence-corrected chi connectivity index (χ1v) is 3.89. The van der Waals surface area contributed by atoms with Crippen molar-refractivity contribution in [2.24, 2.45) is 5.73 Å². The first-order chi connectivity index (χ1) is 6.52. The Hall–Kier alpha value is -1.49. The molecule has 14 heavy (non-hydrogen) atoms. The van der Waals surface area contributed by atoms with E-state index in [4.69, 9.17) is 0 Å². The third kappa shape index (κ3) is 2.26. The molecular weight excluding hydrogens is 192 g/mol. The number of alkyl halides is 1. The summed E-state index contributed by atoms with van der Waals surface area (Å²) in [5, 5.41) is 9.25. The summed E-state index contributed by atoms with van der Waals surface area (Å²) < 4.78 is 25.3. The second-order valence-corrected chi connectivity index (χ2v) is 2.80. The van der Waals surface area contributed by atoms with E-state index in [1.54, 1.807) is 0 Å². The minimum atomic E-state index is -2.18. The molecule has 0 radical (unpaired) electrons. The number of primary amides is 1. The van der Waals surface area contributed by atoms with E-state index >= 15 is 0 Å². The van der Waals surface area contributed by atoms with Crippen molar-refractivity contribution in [2.75, 3.05) is 0 Å². The van der Waals surface area contributed by atoms with Crippen LogP contribution >= 0.6 is 0 Å². The summed E-state index contributed by atoms with van der Waals surface area (Å²) in [5.74, 6) is -1.75. The second kappa shape index (κ2) is 4.15. The number of halogens is 2. The molecule has 0 aliphatic carbocycles. The zero-order valence-electron chi connectivity index (χ0n) is 7.15. The number of amides is 1. The van der Waals surface area contributed by atoms with Crippen LogP contribution in [0, 0.1) is 5.82 Å². The Morgan fingerprint density at radius 2 is 1.86 bits per heavy atom. The largest absolute Gasteiger partial charge is 0.385 e. The summed E-state index contributed by atoms with van der Waals surface area (Å²) in [6, 6.07) is 4.50. The van der Waals surface area contributed by atoms with Crippen LogP contribution in [0.25, 0.3) is 0 Å². The molecule has 0 unspecified atom stereocenters. The van der Waals surface area contributed by atoms with Crippen LogP contribution < -0.4 is 5.73 Å². The molecule has 0 bridgehead atoms. The standard InChI is InChI=1S/C9H9F2NO2/c10-6-3-1-5(2-4-6)8(13)7(11)9(12)14/h1-4,7-8,13H,(H2,12,14)/t7-,8+/m1/s1. The van der Waals surface area contributed by atoms with Gasteiger partial charge in [0.2, 0.25) is 6.17 Å². The molecule has 0 spiro atoms. The van der Waals surface area contributed by atoms with Gasteiger partial charge < -0.3 is 10.8 Å². The molecule has 1 aromatic rings. The third-order valence-corrected chi connectivity index (χ3v) is 1.76. The Kier molecular flexibility index (Phi) is 3.14. The molecule has 0 saturated heterocycles. The quantitative estimate of drug-likeness (QED) is 0.755. The maximum Gasteiger partial charge on any atom is 0.255 e. The lowest BCUT2D eigenvalue weighted by atomic mass is 10.1. The highest BCUT2D eigenvalue weighted by atomic mass is 19.1. The van der Waals surface area contributed by atoms with Gasteiger partial charge in [0.15, 0.2) is 0 Å². The van der Waals surface area contributed by atoms with E-state index in [1.165, 1.54) is 12.1 Å². The molecule has 0 fully saturated rings. The van der Waals surface area contributed by atoms with Crippen molar-refractivity contribution in [2.45, 2.75) is 12.3 Å². The van der Waals surface area contributed by atoms with Gasteiger partial charge in [-0.1, -0.05) is 12.1 Å². The average molecular weight is 201 g/mol. The summed E-state index contributed by atoms with van der Waals surface area (Å²) in [6.45, 7) is 0. The molecule has 3 nitrogen and oxygen atoms in total. The lowest BCUT2D eigenvalue weighted by Gasteiger charge is -2.12. The van der Waals surface area contributed by atoms with Gasteiger partial charge in [-0.15, -0.1) is 0 Å². The van der Waals surface area contributed by atoms with Gasteiger partial charge in [0.25, 0.3) is 5.91 Å². The fraction of sp³-hybridized carbons (Fsp3) is 0.222. The molecule has 1 amide bonds. The number of benzene rings is 1. The molecule has 2 atom stereocenters. The first-order valence-electron chi connectivity index (χ1n) is 3.89. The lowest BCUT2D eigenvalue weighted by Crippen LogP contribution is -2.30. The minimum Gasteiger partial charge on any atom is -0.385 e. The van der Waals surface area contributed by atoms with Crippen LogP contribution in [0.2, 0.25) is 0 Å². The Morgan fingerprint density at radius 3 is 2.29 bits per heavy atom. The molecule has 5 heteroatoms. The van der Waals surface area contributed by atoms with Gasteiger partial charge in [-0.3, -0.25) is 4.79 Å². The number of carbonyl (C=O) groups excluding carboxylic acids is 1. The predicted molar refractivity (Wildman–Crippen MR) is 45.5 cm³/mol. The van der Waals surface area contributed by atoms with Crippen LogP contribution in [0.4, 0.5) is 8.78 Å². The molecule has 0 aliphatic heterocycles. The molecule has 0 heterocycles. The maximum atomic E-state index is 12.9. The number of hydrogen-bond donors (Lipinski definition) is 2. The minimum absolute atomic E-state index is 0.109. The van der Waals surface area contributed by atoms with Crippen molar-refractivity contribution in [3.05, 3.63) is 35.6 Å². The predicted octanol–water partition coefficient (Wildman–Crippen LogP) is 0.683. The van der Waals surface area contributed by atoms with Crippen LogP contribution in [0.15, 0.2) is 24.3 Å². The summed E-state index contributed by atoms with van der Waals surface area (Å²) in [7, 11) is 0. The van der Waals surface area contributed by atoms with Crippen LogP contribution in [0.3, 0.4) is 0 Å². The second-order valence-electron chi connectivity index (χ2n) is 2.80. The highest BCUT2D eigenvalue weighted by Crippen LogP contribution is 2.19. The summed E-state index contributed by atoms with van der Waals surface area (Å²) in [4.78, 5) is 10.4. The summed E-state index contributed by atoms with van der Waals surface area (Å²) in [6.07, 6.45) is -3.83. The number of hydrogen-bond acceptors (Lipinski definition) is 2. The highest BCUT2D eigenvalue weighted by Gasteiger charge is 2.25. The van der Waals surface area contributed by atoms with Crippen molar-refractivity contribution in [1.29, 1.82) is 0 Å². The van der Waals surface area contributed by atoms with Gasteiger partial charge in [0.1, 0.15) is 11.9 Å².